The van der Waals surface area contributed by atoms with Crippen LogP contribution in [0.25, 0.3) is 11.5 Å². The van der Waals surface area contributed by atoms with Crippen LogP contribution in [-0.4, -0.2) is 51.0 Å². The number of nitrogen functional groups attached to an aromatic ring is 1. The Morgan fingerprint density at radius 3 is 1.78 bits per heavy atom. The molecule has 32 heavy (non-hydrogen) atoms. The molecule has 2 rings (SSSR count). The lowest BCUT2D eigenvalue weighted by molar-refractivity contribution is -0.139. The van der Waals surface area contributed by atoms with Crippen molar-refractivity contribution in [3.63, 3.8) is 0 Å². The molecule has 0 aliphatic carbocycles. The summed E-state index contributed by atoms with van der Waals surface area (Å²) in [6, 6.07) is -3.62. The second-order valence-electron chi connectivity index (χ2n) is 6.21. The molecule has 2 aromatic heterocycles. The van der Waals surface area contributed by atoms with E-state index in [1.165, 1.54) is 0 Å². The SMILES string of the molecule is C[C@@H](Nc1nc(N[C@H](C)C(F)(F)F)nc(-c2cc(OC(F)F)c(N)c(Cl)n2)n1)C(F)(F)F. The van der Waals surface area contributed by atoms with E-state index in [0.717, 1.165) is 6.07 Å². The van der Waals surface area contributed by atoms with Crippen molar-refractivity contribution in [1.82, 2.24) is 19.9 Å². The van der Waals surface area contributed by atoms with E-state index < -0.39 is 71.1 Å². The van der Waals surface area contributed by atoms with Gasteiger partial charge in [0.1, 0.15) is 23.5 Å². The predicted molar refractivity (Wildman–Crippen MR) is 97.4 cm³/mol. The van der Waals surface area contributed by atoms with Crippen LogP contribution in [0.5, 0.6) is 5.75 Å². The molecule has 2 aromatic rings. The van der Waals surface area contributed by atoms with Crippen molar-refractivity contribution >= 4 is 29.2 Å². The molecule has 2 heterocycles. The summed E-state index contributed by atoms with van der Waals surface area (Å²) in [7, 11) is 0. The Bertz CT molecular complexity index is 916. The second kappa shape index (κ2) is 9.30. The number of alkyl halides is 8. The smallest absolute Gasteiger partial charge is 0.408 e. The van der Waals surface area contributed by atoms with Crippen LogP contribution in [-0.2, 0) is 0 Å². The third-order valence-corrected chi connectivity index (χ3v) is 4.02. The van der Waals surface area contributed by atoms with Gasteiger partial charge in [0.05, 0.1) is 0 Å². The van der Waals surface area contributed by atoms with Crippen LogP contribution < -0.4 is 21.1 Å². The van der Waals surface area contributed by atoms with Gasteiger partial charge in [-0.25, -0.2) is 4.98 Å². The van der Waals surface area contributed by atoms with Gasteiger partial charge >= 0.3 is 19.0 Å². The van der Waals surface area contributed by atoms with Crippen molar-refractivity contribution in [2.75, 3.05) is 16.4 Å². The molecular formula is C15H14ClF8N7O. The fraction of sp³-hybridized carbons (Fsp3) is 0.467. The van der Waals surface area contributed by atoms with Gasteiger partial charge in [0.2, 0.25) is 11.9 Å². The van der Waals surface area contributed by atoms with E-state index >= 15 is 0 Å². The molecule has 0 spiro atoms. The number of aromatic nitrogens is 4. The summed E-state index contributed by atoms with van der Waals surface area (Å²) in [5.74, 6) is -2.81. The zero-order chi connectivity index (χ0) is 24.4. The maximum absolute atomic E-state index is 12.9. The maximum Gasteiger partial charge on any atom is 0.408 e. The van der Waals surface area contributed by atoms with Gasteiger partial charge in [-0.15, -0.1) is 0 Å². The molecule has 17 heteroatoms. The highest BCUT2D eigenvalue weighted by Crippen LogP contribution is 2.33. The Labute approximate surface area is 179 Å². The average Bonchev–Trinajstić information content (AvgIpc) is 2.63. The molecule has 8 nitrogen and oxygen atoms in total. The number of rotatable bonds is 7. The molecule has 0 bridgehead atoms. The molecular weight excluding hydrogens is 482 g/mol. The summed E-state index contributed by atoms with van der Waals surface area (Å²) >= 11 is 5.76. The highest BCUT2D eigenvalue weighted by atomic mass is 35.5. The molecule has 0 unspecified atom stereocenters. The monoisotopic (exact) mass is 495 g/mol. The van der Waals surface area contributed by atoms with Gasteiger partial charge in [-0.3, -0.25) is 0 Å². The van der Waals surface area contributed by atoms with E-state index in [-0.39, 0.29) is 0 Å². The highest BCUT2D eigenvalue weighted by molar-refractivity contribution is 6.32. The van der Waals surface area contributed by atoms with Gasteiger partial charge in [0.15, 0.2) is 16.7 Å². The quantitative estimate of drug-likeness (QED) is 0.380. The predicted octanol–water partition coefficient (Wildman–Crippen LogP) is 4.50. The van der Waals surface area contributed by atoms with E-state index in [1.807, 2.05) is 10.6 Å². The van der Waals surface area contributed by atoms with E-state index in [1.54, 1.807) is 0 Å². The van der Waals surface area contributed by atoms with Crippen LogP contribution in [0.4, 0.5) is 52.7 Å². The number of pyridine rings is 1. The van der Waals surface area contributed by atoms with Crippen molar-refractivity contribution < 1.29 is 39.9 Å². The topological polar surface area (TPSA) is 111 Å². The van der Waals surface area contributed by atoms with Crippen molar-refractivity contribution in [2.24, 2.45) is 0 Å². The van der Waals surface area contributed by atoms with Crippen LogP contribution in [0, 0.1) is 0 Å². The number of nitrogens with two attached hydrogens (primary N) is 1. The van der Waals surface area contributed by atoms with Crippen molar-refractivity contribution in [3.05, 3.63) is 11.2 Å². The largest absolute Gasteiger partial charge is 0.432 e. The Balaban J connectivity index is 2.57. The molecule has 178 valence electrons. The van der Waals surface area contributed by atoms with Gasteiger partial charge in [-0.1, -0.05) is 11.6 Å². The van der Waals surface area contributed by atoms with E-state index in [0.29, 0.717) is 13.8 Å². The third-order valence-electron chi connectivity index (χ3n) is 3.73. The minimum Gasteiger partial charge on any atom is -0.432 e. The number of nitrogens with zero attached hydrogens (tertiary/aromatic N) is 4. The van der Waals surface area contributed by atoms with Gasteiger partial charge in [-0.05, 0) is 13.8 Å². The van der Waals surface area contributed by atoms with Gasteiger partial charge in [0.25, 0.3) is 0 Å². The van der Waals surface area contributed by atoms with E-state index in [4.69, 9.17) is 17.3 Å². The molecule has 4 N–H and O–H groups in total. The maximum atomic E-state index is 12.9. The molecule has 2 atom stereocenters. The van der Waals surface area contributed by atoms with Crippen LogP contribution in [0.2, 0.25) is 5.15 Å². The molecule has 0 aromatic carbocycles. The summed E-state index contributed by atoms with van der Waals surface area (Å²) in [5.41, 5.74) is 4.56. The number of hydrogen-bond acceptors (Lipinski definition) is 8. The molecule has 0 radical (unpaired) electrons. The minimum atomic E-state index is -4.75. The first-order valence-electron chi connectivity index (χ1n) is 8.41. The third kappa shape index (κ3) is 6.54. The van der Waals surface area contributed by atoms with Gasteiger partial charge < -0.3 is 21.1 Å². The fourth-order valence-electron chi connectivity index (χ4n) is 1.98. The van der Waals surface area contributed by atoms with E-state index in [9.17, 15) is 35.1 Å². The van der Waals surface area contributed by atoms with Crippen molar-refractivity contribution in [1.29, 1.82) is 0 Å². The molecule has 0 fully saturated rings. The van der Waals surface area contributed by atoms with E-state index in [2.05, 4.69) is 24.7 Å². The summed E-state index contributed by atoms with van der Waals surface area (Å²) in [5, 5.41) is 3.20. The average molecular weight is 496 g/mol. The Morgan fingerprint density at radius 1 is 0.906 bits per heavy atom. The lowest BCUT2D eigenvalue weighted by atomic mass is 10.3. The lowest BCUT2D eigenvalue weighted by Gasteiger charge is -2.20. The lowest BCUT2D eigenvalue weighted by Crippen LogP contribution is -2.35. The van der Waals surface area contributed by atoms with Crippen LogP contribution >= 0.6 is 11.6 Å². The molecule has 0 amide bonds. The van der Waals surface area contributed by atoms with Crippen LogP contribution in [0.15, 0.2) is 6.07 Å². The van der Waals surface area contributed by atoms with Gasteiger partial charge in [-0.2, -0.15) is 50.1 Å². The summed E-state index contributed by atoms with van der Waals surface area (Å²) in [6.45, 7) is -1.90. The van der Waals surface area contributed by atoms with Crippen LogP contribution in [0.3, 0.4) is 0 Å². The number of hydrogen-bond donors (Lipinski definition) is 3. The zero-order valence-corrected chi connectivity index (χ0v) is 16.7. The molecule has 0 saturated carbocycles. The first kappa shape index (κ1) is 25.4. The Kier molecular flexibility index (Phi) is 7.36. The molecule has 0 saturated heterocycles. The Hall–Kier alpha value is -2.91. The fourth-order valence-corrected chi connectivity index (χ4v) is 2.16. The number of ether oxygens (including phenoxy) is 1. The zero-order valence-electron chi connectivity index (χ0n) is 16.0. The van der Waals surface area contributed by atoms with Crippen molar-refractivity contribution in [3.8, 4) is 17.3 Å². The standard InChI is InChI=1S/C15H14ClF8N7O/c1-4(14(19,20)21)26-12-29-10(30-13(31-12)27-5(2)15(22,23)24)6-3-7(32-11(17)18)8(25)9(16)28-6/h3-5,11H,25H2,1-2H3,(H2,26,27,29,30,31)/t4-,5-/m1/s1. The first-order chi connectivity index (χ1) is 14.6. The molecule has 0 aliphatic rings. The summed E-state index contributed by atoms with van der Waals surface area (Å²) in [6.07, 6.45) is -9.50. The normalized spacial score (nSPS) is 14.2. The minimum absolute atomic E-state index is 0.437. The second-order valence-corrected chi connectivity index (χ2v) is 6.57. The number of halogens is 9. The van der Waals surface area contributed by atoms with Crippen LogP contribution in [0.1, 0.15) is 13.8 Å². The van der Waals surface area contributed by atoms with Crippen molar-refractivity contribution in [2.45, 2.75) is 44.9 Å². The summed E-state index contributed by atoms with van der Waals surface area (Å²) < 4.78 is 107. The Morgan fingerprint density at radius 2 is 1.38 bits per heavy atom. The highest BCUT2D eigenvalue weighted by Gasteiger charge is 2.38. The van der Waals surface area contributed by atoms with Gasteiger partial charge in [0, 0.05) is 6.07 Å². The number of nitrogens with one attached hydrogen (secondary N) is 2. The number of anilines is 3. The summed E-state index contributed by atoms with van der Waals surface area (Å²) in [4.78, 5) is 14.5. The first-order valence-corrected chi connectivity index (χ1v) is 8.79. The molecule has 0 aliphatic heterocycles.